The van der Waals surface area contributed by atoms with Crippen LogP contribution in [0.1, 0.15) is 41.9 Å². The second kappa shape index (κ2) is 6.22. The van der Waals surface area contributed by atoms with Crippen LogP contribution in [0.25, 0.3) is 0 Å². The molecule has 2 atom stereocenters. The molecular formula is C16H21NOS. The van der Waals surface area contributed by atoms with Crippen LogP contribution in [-0.4, -0.2) is 7.11 Å². The molecule has 0 aliphatic rings. The molecule has 0 fully saturated rings. The molecule has 0 radical (unpaired) electrons. The fourth-order valence-electron chi connectivity index (χ4n) is 2.28. The minimum absolute atomic E-state index is 0.256. The number of rotatable bonds is 5. The van der Waals surface area contributed by atoms with E-state index in [1.165, 1.54) is 16.0 Å². The molecule has 0 saturated carbocycles. The van der Waals surface area contributed by atoms with Gasteiger partial charge in [0.1, 0.15) is 5.75 Å². The number of nitrogens with one attached hydrogen (secondary N) is 1. The lowest BCUT2D eigenvalue weighted by Gasteiger charge is -2.21. The Morgan fingerprint density at radius 3 is 2.58 bits per heavy atom. The van der Waals surface area contributed by atoms with Crippen molar-refractivity contribution < 1.29 is 4.74 Å². The zero-order chi connectivity index (χ0) is 13.8. The maximum Gasteiger partial charge on any atom is 0.123 e. The van der Waals surface area contributed by atoms with E-state index in [1.807, 2.05) is 6.07 Å². The van der Waals surface area contributed by atoms with E-state index in [9.17, 15) is 0 Å². The predicted molar refractivity (Wildman–Crippen MR) is 82.0 cm³/mol. The van der Waals surface area contributed by atoms with Crippen molar-refractivity contribution in [3.63, 3.8) is 0 Å². The summed E-state index contributed by atoms with van der Waals surface area (Å²) in [6.07, 6.45) is 0. The highest BCUT2D eigenvalue weighted by atomic mass is 32.1. The Labute approximate surface area is 119 Å². The van der Waals surface area contributed by atoms with Gasteiger partial charge in [-0.25, -0.2) is 0 Å². The molecule has 1 unspecified atom stereocenters. The van der Waals surface area contributed by atoms with Crippen molar-refractivity contribution in [3.05, 3.63) is 51.7 Å². The normalized spacial score (nSPS) is 14.1. The maximum absolute atomic E-state index is 5.46. The Morgan fingerprint density at radius 1 is 1.16 bits per heavy atom. The molecular weight excluding hydrogens is 254 g/mol. The first-order valence-electron chi connectivity index (χ1n) is 6.55. The summed E-state index contributed by atoms with van der Waals surface area (Å²) in [7, 11) is 1.73. The summed E-state index contributed by atoms with van der Waals surface area (Å²) in [5.74, 6) is 0.948. The van der Waals surface area contributed by atoms with Crippen molar-refractivity contribution in [2.45, 2.75) is 32.9 Å². The summed E-state index contributed by atoms with van der Waals surface area (Å²) in [6.45, 7) is 6.49. The van der Waals surface area contributed by atoms with E-state index in [1.54, 1.807) is 18.4 Å². The quantitative estimate of drug-likeness (QED) is 0.869. The molecule has 3 heteroatoms. The zero-order valence-electron chi connectivity index (χ0n) is 11.9. The van der Waals surface area contributed by atoms with Gasteiger partial charge in [-0.1, -0.05) is 23.8 Å². The summed E-state index contributed by atoms with van der Waals surface area (Å²) in [6, 6.07) is 11.2. The van der Waals surface area contributed by atoms with Gasteiger partial charge in [0.05, 0.1) is 7.11 Å². The molecule has 1 heterocycles. The van der Waals surface area contributed by atoms with Gasteiger partial charge in [0.25, 0.3) is 0 Å². The Kier molecular flexibility index (Phi) is 4.61. The van der Waals surface area contributed by atoms with Crippen molar-refractivity contribution in [1.29, 1.82) is 0 Å². The minimum atomic E-state index is 0.256. The van der Waals surface area contributed by atoms with Crippen molar-refractivity contribution >= 4 is 11.3 Å². The fraction of sp³-hybridized carbons (Fsp3) is 0.375. The van der Waals surface area contributed by atoms with Crippen LogP contribution in [0, 0.1) is 6.92 Å². The van der Waals surface area contributed by atoms with Gasteiger partial charge in [0, 0.05) is 22.5 Å². The van der Waals surface area contributed by atoms with E-state index in [0.29, 0.717) is 6.04 Å². The first-order chi connectivity index (χ1) is 9.11. The lowest BCUT2D eigenvalue weighted by molar-refractivity contribution is 0.397. The third kappa shape index (κ3) is 3.37. The highest BCUT2D eigenvalue weighted by Crippen LogP contribution is 2.29. The van der Waals surface area contributed by atoms with Crippen LogP contribution in [0.2, 0.25) is 0 Å². The minimum Gasteiger partial charge on any atom is -0.496 e. The maximum atomic E-state index is 5.46. The van der Waals surface area contributed by atoms with Gasteiger partial charge in [-0.15, -0.1) is 11.3 Å². The van der Waals surface area contributed by atoms with Gasteiger partial charge in [0.15, 0.2) is 0 Å². The number of hydrogen-bond donors (Lipinski definition) is 1. The SMILES string of the molecule is COc1ccc(C)cc1C(C)N[C@H](C)c1cccs1. The molecule has 0 aliphatic carbocycles. The predicted octanol–water partition coefficient (Wildman–Crippen LogP) is 4.48. The second-order valence-electron chi connectivity index (χ2n) is 4.87. The molecule has 0 saturated heterocycles. The van der Waals surface area contributed by atoms with Gasteiger partial charge in [-0.3, -0.25) is 0 Å². The number of thiophene rings is 1. The van der Waals surface area contributed by atoms with Crippen molar-refractivity contribution in [2.24, 2.45) is 0 Å². The van der Waals surface area contributed by atoms with Gasteiger partial charge in [-0.05, 0) is 38.3 Å². The van der Waals surface area contributed by atoms with Crippen molar-refractivity contribution in [2.75, 3.05) is 7.11 Å². The Hall–Kier alpha value is -1.32. The van der Waals surface area contributed by atoms with Crippen LogP contribution in [0.5, 0.6) is 5.75 Å². The highest BCUT2D eigenvalue weighted by Gasteiger charge is 2.15. The third-order valence-electron chi connectivity index (χ3n) is 3.32. The van der Waals surface area contributed by atoms with Gasteiger partial charge in [-0.2, -0.15) is 0 Å². The largest absolute Gasteiger partial charge is 0.496 e. The molecule has 1 aromatic heterocycles. The lowest BCUT2D eigenvalue weighted by Crippen LogP contribution is -2.22. The van der Waals surface area contributed by atoms with E-state index in [0.717, 1.165) is 5.75 Å². The number of aryl methyl sites for hydroxylation is 1. The van der Waals surface area contributed by atoms with Crippen molar-refractivity contribution in [3.8, 4) is 5.75 Å². The molecule has 1 N–H and O–H groups in total. The first kappa shape index (κ1) is 14.1. The second-order valence-corrected chi connectivity index (χ2v) is 5.85. The van der Waals surface area contributed by atoms with E-state index >= 15 is 0 Å². The van der Waals surface area contributed by atoms with Crippen LogP contribution < -0.4 is 10.1 Å². The molecule has 0 spiro atoms. The van der Waals surface area contributed by atoms with Crippen molar-refractivity contribution in [1.82, 2.24) is 5.32 Å². The van der Waals surface area contributed by atoms with E-state index in [-0.39, 0.29) is 6.04 Å². The first-order valence-corrected chi connectivity index (χ1v) is 7.43. The Balaban J connectivity index is 2.15. The fourth-order valence-corrected chi connectivity index (χ4v) is 3.02. The smallest absolute Gasteiger partial charge is 0.123 e. The number of hydrogen-bond acceptors (Lipinski definition) is 3. The summed E-state index contributed by atoms with van der Waals surface area (Å²) in [5, 5.41) is 5.75. The molecule has 2 rings (SSSR count). The van der Waals surface area contributed by atoms with Crippen LogP contribution in [0.3, 0.4) is 0 Å². The van der Waals surface area contributed by atoms with E-state index in [4.69, 9.17) is 4.74 Å². The van der Waals surface area contributed by atoms with Crippen LogP contribution >= 0.6 is 11.3 Å². The van der Waals surface area contributed by atoms with Gasteiger partial charge < -0.3 is 10.1 Å². The number of methoxy groups -OCH3 is 1. The molecule has 0 amide bonds. The standard InChI is InChI=1S/C16H21NOS/c1-11-7-8-15(18-4)14(10-11)12(2)17-13(3)16-6-5-9-19-16/h5-10,12-13,17H,1-4H3/t12?,13-/m1/s1. The van der Waals surface area contributed by atoms with Crippen LogP contribution in [0.15, 0.2) is 35.7 Å². The number of benzene rings is 1. The molecule has 1 aromatic carbocycles. The zero-order valence-corrected chi connectivity index (χ0v) is 12.8. The number of ether oxygens (including phenoxy) is 1. The van der Waals surface area contributed by atoms with E-state index < -0.39 is 0 Å². The molecule has 2 aromatic rings. The molecule has 2 nitrogen and oxygen atoms in total. The molecule has 19 heavy (non-hydrogen) atoms. The summed E-state index contributed by atoms with van der Waals surface area (Å²) >= 11 is 1.79. The summed E-state index contributed by atoms with van der Waals surface area (Å²) < 4.78 is 5.46. The molecule has 102 valence electrons. The van der Waals surface area contributed by atoms with Crippen LogP contribution in [0.4, 0.5) is 0 Å². The molecule has 0 aliphatic heterocycles. The average molecular weight is 275 g/mol. The monoisotopic (exact) mass is 275 g/mol. The highest BCUT2D eigenvalue weighted by molar-refractivity contribution is 7.10. The average Bonchev–Trinajstić information content (AvgIpc) is 2.92. The van der Waals surface area contributed by atoms with Crippen LogP contribution in [-0.2, 0) is 0 Å². The molecule has 0 bridgehead atoms. The van der Waals surface area contributed by atoms with Gasteiger partial charge in [0.2, 0.25) is 0 Å². The Bertz CT molecular complexity index is 522. The summed E-state index contributed by atoms with van der Waals surface area (Å²) in [4.78, 5) is 1.36. The van der Waals surface area contributed by atoms with E-state index in [2.05, 4.69) is 55.7 Å². The summed E-state index contributed by atoms with van der Waals surface area (Å²) in [5.41, 5.74) is 2.47. The third-order valence-corrected chi connectivity index (χ3v) is 4.38. The Morgan fingerprint density at radius 2 is 1.95 bits per heavy atom. The lowest BCUT2D eigenvalue weighted by atomic mass is 10.0. The van der Waals surface area contributed by atoms with Gasteiger partial charge >= 0.3 is 0 Å². The topological polar surface area (TPSA) is 21.3 Å².